The summed E-state index contributed by atoms with van der Waals surface area (Å²) < 4.78 is 1.09. The van der Waals surface area contributed by atoms with E-state index >= 15 is 0 Å². The van der Waals surface area contributed by atoms with Crippen molar-refractivity contribution < 1.29 is 0 Å². The first-order valence-electron chi connectivity index (χ1n) is 5.11. The van der Waals surface area contributed by atoms with Crippen molar-refractivity contribution in [3.63, 3.8) is 0 Å². The molecular formula is C12H15BrN2. The van der Waals surface area contributed by atoms with Crippen LogP contribution in [0.4, 0.5) is 0 Å². The lowest BCUT2D eigenvalue weighted by Gasteiger charge is -2.13. The number of rotatable bonds is 5. The van der Waals surface area contributed by atoms with Gasteiger partial charge in [-0.1, -0.05) is 35.0 Å². The highest BCUT2D eigenvalue weighted by molar-refractivity contribution is 9.10. The Labute approximate surface area is 99.4 Å². The lowest BCUT2D eigenvalue weighted by Crippen LogP contribution is -2.27. The summed E-state index contributed by atoms with van der Waals surface area (Å²) in [6, 6.07) is 10.7. The van der Waals surface area contributed by atoms with Crippen molar-refractivity contribution in [1.82, 2.24) is 5.32 Å². The van der Waals surface area contributed by atoms with Crippen molar-refractivity contribution in [2.45, 2.75) is 32.4 Å². The Kier molecular flexibility index (Phi) is 5.38. The molecule has 1 aromatic carbocycles. The summed E-state index contributed by atoms with van der Waals surface area (Å²) in [6.45, 7) is 2.91. The van der Waals surface area contributed by atoms with Crippen LogP contribution in [0.15, 0.2) is 28.7 Å². The van der Waals surface area contributed by atoms with Gasteiger partial charge in [0.1, 0.15) is 0 Å². The number of benzene rings is 1. The van der Waals surface area contributed by atoms with Crippen LogP contribution in [0.3, 0.4) is 0 Å². The van der Waals surface area contributed by atoms with E-state index in [1.165, 1.54) is 5.56 Å². The first kappa shape index (κ1) is 12.2. The van der Waals surface area contributed by atoms with E-state index in [0.29, 0.717) is 12.5 Å². The minimum Gasteiger partial charge on any atom is -0.309 e. The topological polar surface area (TPSA) is 35.8 Å². The molecule has 0 amide bonds. The zero-order valence-corrected chi connectivity index (χ0v) is 10.4. The van der Waals surface area contributed by atoms with E-state index in [2.05, 4.69) is 46.4 Å². The van der Waals surface area contributed by atoms with Gasteiger partial charge in [0.25, 0.3) is 0 Å². The molecular weight excluding hydrogens is 252 g/mol. The zero-order chi connectivity index (χ0) is 11.1. The van der Waals surface area contributed by atoms with Gasteiger partial charge >= 0.3 is 0 Å². The summed E-state index contributed by atoms with van der Waals surface area (Å²) in [5.41, 5.74) is 1.24. The number of hydrogen-bond acceptors (Lipinski definition) is 2. The van der Waals surface area contributed by atoms with Crippen LogP contribution in [0.2, 0.25) is 0 Å². The summed E-state index contributed by atoms with van der Waals surface area (Å²) in [7, 11) is 0. The molecule has 1 aromatic rings. The smallest absolute Gasteiger partial charge is 0.0638 e. The van der Waals surface area contributed by atoms with Crippen molar-refractivity contribution in [2.24, 2.45) is 0 Å². The molecule has 3 heteroatoms. The van der Waals surface area contributed by atoms with Gasteiger partial charge in [-0.2, -0.15) is 5.26 Å². The van der Waals surface area contributed by atoms with Gasteiger partial charge in [0.05, 0.1) is 12.5 Å². The van der Waals surface area contributed by atoms with Crippen LogP contribution in [0.5, 0.6) is 0 Å². The summed E-state index contributed by atoms with van der Waals surface area (Å²) in [6.07, 6.45) is 1.56. The summed E-state index contributed by atoms with van der Waals surface area (Å²) in [4.78, 5) is 0. The quantitative estimate of drug-likeness (QED) is 0.889. The maximum absolute atomic E-state index is 8.61. The maximum Gasteiger partial charge on any atom is 0.0638 e. The fourth-order valence-corrected chi connectivity index (χ4v) is 1.83. The van der Waals surface area contributed by atoms with E-state index in [0.717, 1.165) is 17.4 Å². The second-order valence-corrected chi connectivity index (χ2v) is 4.39. The zero-order valence-electron chi connectivity index (χ0n) is 8.83. The highest BCUT2D eigenvalue weighted by Gasteiger charge is 2.04. The summed E-state index contributed by atoms with van der Waals surface area (Å²) in [5.74, 6) is 0. The third-order valence-corrected chi connectivity index (χ3v) is 2.81. The molecule has 0 radical (unpaired) electrons. The first-order valence-corrected chi connectivity index (χ1v) is 5.90. The Bertz CT molecular complexity index is 344. The molecule has 0 aromatic heterocycles. The van der Waals surface area contributed by atoms with Crippen molar-refractivity contribution in [1.29, 1.82) is 5.26 Å². The van der Waals surface area contributed by atoms with Gasteiger partial charge in [0.15, 0.2) is 0 Å². The number of hydrogen-bond donors (Lipinski definition) is 1. The minimum absolute atomic E-state index is 0.300. The van der Waals surface area contributed by atoms with E-state index < -0.39 is 0 Å². The second kappa shape index (κ2) is 6.60. The van der Waals surface area contributed by atoms with Gasteiger partial charge in [0.2, 0.25) is 0 Å². The molecule has 0 aliphatic heterocycles. The Morgan fingerprint density at radius 1 is 1.53 bits per heavy atom. The molecule has 0 saturated carbocycles. The second-order valence-electron chi connectivity index (χ2n) is 3.48. The van der Waals surface area contributed by atoms with Crippen LogP contribution >= 0.6 is 15.9 Å². The molecule has 1 N–H and O–H groups in total. The minimum atomic E-state index is 0.300. The van der Waals surface area contributed by atoms with Crippen LogP contribution in [0, 0.1) is 11.3 Å². The number of halogens is 1. The highest BCUT2D eigenvalue weighted by atomic mass is 79.9. The third kappa shape index (κ3) is 4.46. The summed E-state index contributed by atoms with van der Waals surface area (Å²) in [5, 5.41) is 12.0. The Balaban J connectivity index is 2.46. The molecule has 0 aliphatic rings. The molecule has 1 atom stereocenters. The van der Waals surface area contributed by atoms with Gasteiger partial charge in [-0.25, -0.2) is 0 Å². The Hall–Kier alpha value is -0.850. The molecule has 0 fully saturated rings. The fraction of sp³-hybridized carbons (Fsp3) is 0.417. The van der Waals surface area contributed by atoms with Gasteiger partial charge in [-0.15, -0.1) is 0 Å². The van der Waals surface area contributed by atoms with Gasteiger partial charge in [-0.05, 0) is 24.1 Å². The van der Waals surface area contributed by atoms with Crippen molar-refractivity contribution in [3.8, 4) is 6.07 Å². The lowest BCUT2D eigenvalue weighted by atomic mass is 10.1. The predicted octanol–water partition coefficient (Wildman–Crippen LogP) is 3.23. The van der Waals surface area contributed by atoms with E-state index in [-0.39, 0.29) is 0 Å². The first-order chi connectivity index (χ1) is 7.26. The van der Waals surface area contributed by atoms with Crippen LogP contribution < -0.4 is 5.32 Å². The average Bonchev–Trinajstić information content (AvgIpc) is 2.24. The van der Waals surface area contributed by atoms with Crippen molar-refractivity contribution >= 4 is 15.9 Å². The highest BCUT2D eigenvalue weighted by Crippen LogP contribution is 2.11. The van der Waals surface area contributed by atoms with E-state index in [1.54, 1.807) is 0 Å². The average molecular weight is 267 g/mol. The van der Waals surface area contributed by atoms with Crippen LogP contribution in [0.1, 0.15) is 25.3 Å². The standard InChI is InChI=1S/C12H15BrN2/c1-2-12(6-7-14)15-9-10-4-3-5-11(13)8-10/h3-5,8,12,15H,2,6,9H2,1H3. The molecule has 0 aliphatic carbocycles. The monoisotopic (exact) mass is 266 g/mol. The predicted molar refractivity (Wildman–Crippen MR) is 65.3 cm³/mol. The molecule has 1 unspecified atom stereocenters. The van der Waals surface area contributed by atoms with Crippen LogP contribution in [-0.4, -0.2) is 6.04 Å². The third-order valence-electron chi connectivity index (χ3n) is 2.31. The van der Waals surface area contributed by atoms with E-state index in [4.69, 9.17) is 5.26 Å². The largest absolute Gasteiger partial charge is 0.309 e. The lowest BCUT2D eigenvalue weighted by molar-refractivity contribution is 0.505. The molecule has 1 rings (SSSR count). The Morgan fingerprint density at radius 3 is 2.93 bits per heavy atom. The SMILES string of the molecule is CCC(CC#N)NCc1cccc(Br)c1. The molecule has 80 valence electrons. The van der Waals surface area contributed by atoms with Gasteiger partial charge in [0, 0.05) is 17.1 Å². The molecule has 2 nitrogen and oxygen atoms in total. The number of nitrogens with one attached hydrogen (secondary N) is 1. The maximum atomic E-state index is 8.61. The van der Waals surface area contributed by atoms with E-state index in [9.17, 15) is 0 Å². The van der Waals surface area contributed by atoms with Gasteiger partial charge in [-0.3, -0.25) is 0 Å². The van der Waals surface area contributed by atoms with Crippen molar-refractivity contribution in [2.75, 3.05) is 0 Å². The summed E-state index contributed by atoms with van der Waals surface area (Å²) >= 11 is 3.44. The number of nitrogens with zero attached hydrogens (tertiary/aromatic N) is 1. The van der Waals surface area contributed by atoms with Crippen molar-refractivity contribution in [3.05, 3.63) is 34.3 Å². The van der Waals surface area contributed by atoms with Crippen LogP contribution in [0.25, 0.3) is 0 Å². The van der Waals surface area contributed by atoms with Gasteiger partial charge < -0.3 is 5.32 Å². The molecule has 0 bridgehead atoms. The molecule has 0 spiro atoms. The fourth-order valence-electron chi connectivity index (χ4n) is 1.38. The van der Waals surface area contributed by atoms with Crippen LogP contribution in [-0.2, 0) is 6.54 Å². The molecule has 15 heavy (non-hydrogen) atoms. The number of nitriles is 1. The molecule has 0 saturated heterocycles. The normalized spacial score (nSPS) is 12.1. The van der Waals surface area contributed by atoms with E-state index in [1.807, 2.05) is 12.1 Å². The Morgan fingerprint density at radius 2 is 2.33 bits per heavy atom. The molecule has 0 heterocycles.